The molecule has 1 aliphatic heterocycles. The molecule has 11 heteroatoms. The monoisotopic (exact) mass is 439 g/mol. The Morgan fingerprint density at radius 1 is 1.31 bits per heavy atom. The van der Waals surface area contributed by atoms with Crippen molar-refractivity contribution in [3.63, 3.8) is 0 Å². The number of ether oxygens (including phenoxy) is 2. The van der Waals surface area contributed by atoms with Gasteiger partial charge in [0.2, 0.25) is 0 Å². The lowest BCUT2D eigenvalue weighted by Gasteiger charge is -2.33. The molecule has 29 heavy (non-hydrogen) atoms. The van der Waals surface area contributed by atoms with Crippen LogP contribution in [0.3, 0.4) is 0 Å². The van der Waals surface area contributed by atoms with Crippen molar-refractivity contribution < 1.29 is 31.4 Å². The van der Waals surface area contributed by atoms with Gasteiger partial charge in [-0.1, -0.05) is 11.6 Å². The normalized spacial score (nSPS) is 18.3. The maximum absolute atomic E-state index is 13.2. The Hall–Kier alpha value is -2.07. The number of alkyl halides is 5. The first-order valence-corrected chi connectivity index (χ1v) is 9.21. The van der Waals surface area contributed by atoms with Gasteiger partial charge in [0.1, 0.15) is 5.69 Å². The van der Waals surface area contributed by atoms with E-state index >= 15 is 0 Å². The number of hydrogen-bond acceptors (Lipinski definition) is 4. The number of nitrogens with zero attached hydrogens (tertiary/aromatic N) is 3. The van der Waals surface area contributed by atoms with Crippen LogP contribution in [0.5, 0.6) is 11.5 Å². The summed E-state index contributed by atoms with van der Waals surface area (Å²) < 4.78 is 75.1. The Balaban J connectivity index is 1.76. The molecule has 0 radical (unpaired) electrons. The minimum absolute atomic E-state index is 0.0281. The fourth-order valence-corrected chi connectivity index (χ4v) is 3.81. The number of benzene rings is 1. The van der Waals surface area contributed by atoms with Crippen LogP contribution in [0.15, 0.2) is 24.4 Å². The van der Waals surface area contributed by atoms with Crippen molar-refractivity contribution in [3.05, 3.63) is 40.7 Å². The summed E-state index contributed by atoms with van der Waals surface area (Å²) in [6.07, 6.45) is -2.06. The summed E-state index contributed by atoms with van der Waals surface area (Å²) in [5.41, 5.74) is -0.104. The van der Waals surface area contributed by atoms with E-state index in [2.05, 4.69) is 9.84 Å². The van der Waals surface area contributed by atoms with Gasteiger partial charge in [0.05, 0.1) is 18.2 Å². The van der Waals surface area contributed by atoms with Gasteiger partial charge >= 0.3 is 12.8 Å². The quantitative estimate of drug-likeness (QED) is 0.594. The molecule has 5 nitrogen and oxygen atoms in total. The molecule has 1 aromatic carbocycles. The summed E-state index contributed by atoms with van der Waals surface area (Å²) in [5, 5.41) is 3.84. The van der Waals surface area contributed by atoms with Crippen molar-refractivity contribution >= 4 is 11.6 Å². The second kappa shape index (κ2) is 8.74. The molecular formula is C18H19ClF5N3O2. The zero-order chi connectivity index (χ0) is 21.2. The van der Waals surface area contributed by atoms with Gasteiger partial charge in [0.15, 0.2) is 11.5 Å². The molecule has 3 rings (SSSR count). The number of piperidine rings is 1. The van der Waals surface area contributed by atoms with Crippen molar-refractivity contribution in [2.24, 2.45) is 0 Å². The highest BCUT2D eigenvalue weighted by molar-refractivity contribution is 6.32. The molecule has 1 unspecified atom stereocenters. The highest BCUT2D eigenvalue weighted by atomic mass is 35.5. The zero-order valence-corrected chi connectivity index (χ0v) is 16.2. The third kappa shape index (κ3) is 5.11. The number of methoxy groups -OCH3 is 1. The van der Waals surface area contributed by atoms with E-state index in [1.165, 1.54) is 19.2 Å². The molecule has 0 N–H and O–H groups in total. The number of hydrogen-bond donors (Lipinski definition) is 0. The van der Waals surface area contributed by atoms with Gasteiger partial charge in [-0.3, -0.25) is 9.58 Å². The Labute approximate surface area is 168 Å². The van der Waals surface area contributed by atoms with Crippen LogP contribution < -0.4 is 9.47 Å². The predicted octanol–water partition coefficient (Wildman–Crippen LogP) is 5.00. The molecule has 2 heterocycles. The molecule has 0 amide bonds. The molecule has 1 atom stereocenters. The highest BCUT2D eigenvalue weighted by Crippen LogP contribution is 2.38. The fraction of sp³-hybridized carbons (Fsp3) is 0.500. The van der Waals surface area contributed by atoms with E-state index in [0.717, 1.165) is 16.9 Å². The van der Waals surface area contributed by atoms with Crippen LogP contribution >= 0.6 is 11.6 Å². The Morgan fingerprint density at radius 2 is 2.07 bits per heavy atom. The minimum atomic E-state index is -4.47. The van der Waals surface area contributed by atoms with Crippen LogP contribution in [0.1, 0.15) is 30.1 Å². The van der Waals surface area contributed by atoms with Crippen LogP contribution in [0.2, 0.25) is 5.02 Å². The molecule has 1 aliphatic rings. The average molecular weight is 440 g/mol. The second-order valence-electron chi connectivity index (χ2n) is 6.68. The number of rotatable bonds is 6. The molecule has 160 valence electrons. The largest absolute Gasteiger partial charge is 0.493 e. The summed E-state index contributed by atoms with van der Waals surface area (Å²) in [6, 6.07) is 3.56. The molecule has 0 aliphatic carbocycles. The third-order valence-electron chi connectivity index (χ3n) is 4.69. The molecule has 2 aromatic rings. The third-order valence-corrected chi connectivity index (χ3v) is 4.97. The van der Waals surface area contributed by atoms with Crippen LogP contribution in [-0.2, 0) is 12.7 Å². The summed E-state index contributed by atoms with van der Waals surface area (Å²) in [4.78, 5) is 1.97. The minimum Gasteiger partial charge on any atom is -0.493 e. The lowest BCUT2D eigenvalue weighted by Crippen LogP contribution is -2.37. The summed E-state index contributed by atoms with van der Waals surface area (Å²) in [6.45, 7) is -1.65. The lowest BCUT2D eigenvalue weighted by atomic mass is 10.0. The van der Waals surface area contributed by atoms with Crippen molar-refractivity contribution in [1.82, 2.24) is 14.7 Å². The van der Waals surface area contributed by atoms with E-state index in [-0.39, 0.29) is 16.5 Å². The highest BCUT2D eigenvalue weighted by Gasteiger charge is 2.37. The predicted molar refractivity (Wildman–Crippen MR) is 95.4 cm³/mol. The van der Waals surface area contributed by atoms with E-state index in [1.54, 1.807) is 0 Å². The SMILES string of the molecule is COc1cc(CN2CCCC(n3nccc3C(F)(F)F)C2)cc(Cl)c1OC(F)F. The lowest BCUT2D eigenvalue weighted by molar-refractivity contribution is -0.145. The topological polar surface area (TPSA) is 39.5 Å². The maximum atomic E-state index is 13.2. The fourth-order valence-electron chi connectivity index (χ4n) is 3.53. The van der Waals surface area contributed by atoms with Crippen LogP contribution in [0, 0.1) is 0 Å². The molecule has 1 fully saturated rings. The Bertz CT molecular complexity index is 843. The van der Waals surface area contributed by atoms with E-state index in [1.807, 2.05) is 4.90 Å². The molecule has 1 aromatic heterocycles. The number of halogens is 6. The van der Waals surface area contributed by atoms with Gasteiger partial charge < -0.3 is 9.47 Å². The molecular weight excluding hydrogens is 421 g/mol. The van der Waals surface area contributed by atoms with E-state index in [9.17, 15) is 22.0 Å². The van der Waals surface area contributed by atoms with E-state index in [0.29, 0.717) is 38.0 Å². The second-order valence-corrected chi connectivity index (χ2v) is 7.08. The number of likely N-dealkylation sites (tertiary alicyclic amines) is 1. The summed E-state index contributed by atoms with van der Waals surface area (Å²) in [5.74, 6) is -0.191. The van der Waals surface area contributed by atoms with Crippen molar-refractivity contribution in [3.8, 4) is 11.5 Å². The Morgan fingerprint density at radius 3 is 2.72 bits per heavy atom. The van der Waals surface area contributed by atoms with Gasteiger partial charge in [-0.05, 0) is 43.1 Å². The van der Waals surface area contributed by atoms with Gasteiger partial charge in [-0.15, -0.1) is 0 Å². The average Bonchev–Trinajstić information content (AvgIpc) is 3.14. The van der Waals surface area contributed by atoms with Gasteiger partial charge in [0.25, 0.3) is 0 Å². The molecule has 0 saturated carbocycles. The van der Waals surface area contributed by atoms with Crippen molar-refractivity contribution in [2.75, 3.05) is 20.2 Å². The van der Waals surface area contributed by atoms with Gasteiger partial charge in [-0.2, -0.15) is 27.1 Å². The first kappa shape index (κ1) is 21.6. The van der Waals surface area contributed by atoms with Crippen molar-refractivity contribution in [2.45, 2.75) is 38.2 Å². The standard InChI is InChI=1S/C18H19ClF5N3O2/c1-28-14-8-11(7-13(19)16(14)29-17(20)21)9-26-6-2-3-12(10-26)27-15(4-5-25-27)18(22,23)24/h4-5,7-8,12,17H,2-3,6,9-10H2,1H3. The summed E-state index contributed by atoms with van der Waals surface area (Å²) >= 11 is 6.06. The van der Waals surface area contributed by atoms with Gasteiger partial charge in [0, 0.05) is 19.3 Å². The zero-order valence-electron chi connectivity index (χ0n) is 15.4. The van der Waals surface area contributed by atoms with E-state index in [4.69, 9.17) is 16.3 Å². The van der Waals surface area contributed by atoms with Gasteiger partial charge in [-0.25, -0.2) is 0 Å². The Kier molecular flexibility index (Phi) is 6.52. The molecule has 0 bridgehead atoms. The van der Waals surface area contributed by atoms with Crippen LogP contribution in [0.25, 0.3) is 0 Å². The molecule has 1 saturated heterocycles. The first-order chi connectivity index (χ1) is 13.7. The summed E-state index contributed by atoms with van der Waals surface area (Å²) in [7, 11) is 1.31. The van der Waals surface area contributed by atoms with Crippen molar-refractivity contribution in [1.29, 1.82) is 0 Å². The van der Waals surface area contributed by atoms with E-state index < -0.39 is 24.5 Å². The van der Waals surface area contributed by atoms with Crippen LogP contribution in [-0.4, -0.2) is 41.5 Å². The van der Waals surface area contributed by atoms with Crippen LogP contribution in [0.4, 0.5) is 22.0 Å². The number of aromatic nitrogens is 2. The first-order valence-electron chi connectivity index (χ1n) is 8.83. The maximum Gasteiger partial charge on any atom is 0.433 e. The smallest absolute Gasteiger partial charge is 0.433 e. The molecule has 0 spiro atoms.